The molecule has 0 aromatic rings. The molecule has 0 heterocycles. The Morgan fingerprint density at radius 2 is 2.12 bits per heavy atom. The van der Waals surface area contributed by atoms with E-state index in [9.17, 15) is 0 Å². The fraction of sp³-hybridized carbons (Fsp3) is 1.00. The molecule has 0 unspecified atom stereocenters. The number of hydrogen-bond acceptors (Lipinski definition) is 3. The van der Waals surface area contributed by atoms with Crippen LogP contribution in [-0.2, 0) is 0 Å². The molecule has 3 nitrogen and oxygen atoms in total. The molecule has 8 heavy (non-hydrogen) atoms. The molecule has 1 atom stereocenters. The summed E-state index contributed by atoms with van der Waals surface area (Å²) in [5.41, 5.74) is 5.14. The molecule has 3 N–H and O–H groups in total. The molecule has 0 fully saturated rings. The van der Waals surface area contributed by atoms with Gasteiger partial charge in [-0.2, -0.15) is 0 Å². The van der Waals surface area contributed by atoms with E-state index in [1.165, 1.54) is 0 Å². The molecule has 0 saturated heterocycles. The predicted octanol–water partition coefficient (Wildman–Crippen LogP) is -1.13. The van der Waals surface area contributed by atoms with Crippen LogP contribution >= 0.6 is 0 Å². The highest BCUT2D eigenvalue weighted by Crippen LogP contribution is 1.80. The number of aliphatic hydroxyl groups is 1. The SMILES string of the molecule is CN(C)C[C@H](O)CN. The monoisotopic (exact) mass is 118 g/mol. The Kier molecular flexibility index (Phi) is 3.77. The fourth-order valence-corrected chi connectivity index (χ4v) is 0.496. The maximum Gasteiger partial charge on any atom is 0.0788 e. The van der Waals surface area contributed by atoms with E-state index in [4.69, 9.17) is 10.8 Å². The number of rotatable bonds is 3. The Labute approximate surface area is 50.1 Å². The average molecular weight is 118 g/mol. The van der Waals surface area contributed by atoms with Gasteiger partial charge in [0.25, 0.3) is 0 Å². The van der Waals surface area contributed by atoms with Crippen molar-refractivity contribution < 1.29 is 5.11 Å². The van der Waals surface area contributed by atoms with Crippen molar-refractivity contribution in [2.45, 2.75) is 6.10 Å². The summed E-state index contributed by atoms with van der Waals surface area (Å²) in [6.45, 7) is 0.995. The van der Waals surface area contributed by atoms with E-state index in [1.54, 1.807) is 0 Å². The Bertz CT molecular complexity index is 56.4. The first-order valence-electron chi connectivity index (χ1n) is 2.69. The molecule has 3 heteroatoms. The van der Waals surface area contributed by atoms with Crippen molar-refractivity contribution in [1.82, 2.24) is 4.90 Å². The number of aliphatic hydroxyl groups excluding tert-OH is 1. The van der Waals surface area contributed by atoms with Crippen LogP contribution in [0.5, 0.6) is 0 Å². The molecular weight excluding hydrogens is 104 g/mol. The van der Waals surface area contributed by atoms with Crippen LogP contribution in [-0.4, -0.2) is 43.3 Å². The molecule has 0 radical (unpaired) electrons. The van der Waals surface area contributed by atoms with E-state index in [1.807, 2.05) is 19.0 Å². The van der Waals surface area contributed by atoms with Gasteiger partial charge in [-0.25, -0.2) is 0 Å². The number of hydrogen-bond donors (Lipinski definition) is 2. The van der Waals surface area contributed by atoms with Crippen LogP contribution in [0.2, 0.25) is 0 Å². The molecule has 0 rings (SSSR count). The van der Waals surface area contributed by atoms with Crippen LogP contribution < -0.4 is 5.73 Å². The minimum Gasteiger partial charge on any atom is -0.390 e. The van der Waals surface area contributed by atoms with Gasteiger partial charge < -0.3 is 15.7 Å². The molecule has 0 aliphatic carbocycles. The lowest BCUT2D eigenvalue weighted by Crippen LogP contribution is -2.31. The summed E-state index contributed by atoms with van der Waals surface area (Å²) in [5, 5.41) is 8.86. The van der Waals surface area contributed by atoms with Crippen molar-refractivity contribution in [3.05, 3.63) is 0 Å². The van der Waals surface area contributed by atoms with Crippen molar-refractivity contribution in [2.75, 3.05) is 27.2 Å². The lowest BCUT2D eigenvalue weighted by molar-refractivity contribution is 0.144. The second kappa shape index (κ2) is 3.83. The zero-order valence-electron chi connectivity index (χ0n) is 5.46. The third-order valence-electron chi connectivity index (χ3n) is 0.848. The molecule has 0 aliphatic heterocycles. The smallest absolute Gasteiger partial charge is 0.0788 e. The zero-order valence-corrected chi connectivity index (χ0v) is 5.46. The normalized spacial score (nSPS) is 14.6. The van der Waals surface area contributed by atoms with Gasteiger partial charge in [0.2, 0.25) is 0 Å². The van der Waals surface area contributed by atoms with Gasteiger partial charge in [0.1, 0.15) is 0 Å². The molecule has 0 saturated carbocycles. The van der Waals surface area contributed by atoms with Crippen molar-refractivity contribution in [2.24, 2.45) is 5.73 Å². The lowest BCUT2D eigenvalue weighted by Gasteiger charge is -2.12. The van der Waals surface area contributed by atoms with Gasteiger partial charge in [-0.15, -0.1) is 0 Å². The third kappa shape index (κ3) is 4.05. The Balaban J connectivity index is 3.10. The Morgan fingerprint density at radius 3 is 2.25 bits per heavy atom. The van der Waals surface area contributed by atoms with Crippen molar-refractivity contribution >= 4 is 0 Å². The van der Waals surface area contributed by atoms with Crippen LogP contribution in [0.1, 0.15) is 0 Å². The van der Waals surface area contributed by atoms with Gasteiger partial charge in [0.05, 0.1) is 6.10 Å². The topological polar surface area (TPSA) is 49.5 Å². The second-order valence-corrected chi connectivity index (χ2v) is 2.15. The van der Waals surface area contributed by atoms with Crippen molar-refractivity contribution in [3.63, 3.8) is 0 Å². The highest BCUT2D eigenvalue weighted by molar-refractivity contribution is 4.57. The van der Waals surface area contributed by atoms with E-state index >= 15 is 0 Å². The van der Waals surface area contributed by atoms with Gasteiger partial charge in [0.15, 0.2) is 0 Å². The van der Waals surface area contributed by atoms with Crippen LogP contribution in [0.4, 0.5) is 0 Å². The molecule has 50 valence electrons. The molecule has 0 aromatic heterocycles. The molecule has 0 aliphatic rings. The lowest BCUT2D eigenvalue weighted by atomic mass is 10.3. The molecule has 0 amide bonds. The van der Waals surface area contributed by atoms with Gasteiger partial charge in [-0.05, 0) is 14.1 Å². The maximum absolute atomic E-state index is 8.86. The summed E-state index contributed by atoms with van der Waals surface area (Å²) >= 11 is 0. The standard InChI is InChI=1S/C5H14N2O/c1-7(2)4-5(8)3-6/h5,8H,3-4,6H2,1-2H3/t5-/m1/s1. The first-order valence-corrected chi connectivity index (χ1v) is 2.69. The third-order valence-corrected chi connectivity index (χ3v) is 0.848. The van der Waals surface area contributed by atoms with Crippen molar-refractivity contribution in [1.29, 1.82) is 0 Å². The molecular formula is C5H14N2O. The van der Waals surface area contributed by atoms with E-state index in [-0.39, 0.29) is 6.10 Å². The Morgan fingerprint density at radius 1 is 1.62 bits per heavy atom. The predicted molar refractivity (Wildman–Crippen MR) is 33.6 cm³/mol. The van der Waals surface area contributed by atoms with Gasteiger partial charge in [0, 0.05) is 13.1 Å². The van der Waals surface area contributed by atoms with Crippen molar-refractivity contribution in [3.8, 4) is 0 Å². The summed E-state index contributed by atoms with van der Waals surface area (Å²) < 4.78 is 0. The quantitative estimate of drug-likeness (QED) is 0.493. The second-order valence-electron chi connectivity index (χ2n) is 2.15. The number of likely N-dealkylation sites (N-methyl/N-ethyl adjacent to an activating group) is 1. The number of nitrogens with zero attached hydrogens (tertiary/aromatic N) is 1. The summed E-state index contributed by atoms with van der Waals surface area (Å²) in [5.74, 6) is 0. The van der Waals surface area contributed by atoms with E-state index < -0.39 is 0 Å². The largest absolute Gasteiger partial charge is 0.390 e. The minimum absolute atomic E-state index is 0.345. The van der Waals surface area contributed by atoms with Gasteiger partial charge >= 0.3 is 0 Å². The highest BCUT2D eigenvalue weighted by Gasteiger charge is 1.99. The first kappa shape index (κ1) is 7.88. The average Bonchev–Trinajstić information content (AvgIpc) is 1.65. The van der Waals surface area contributed by atoms with E-state index in [2.05, 4.69) is 0 Å². The van der Waals surface area contributed by atoms with Gasteiger partial charge in [-0.1, -0.05) is 0 Å². The van der Waals surface area contributed by atoms with E-state index in [0.29, 0.717) is 13.1 Å². The molecule has 0 bridgehead atoms. The minimum atomic E-state index is -0.370. The summed E-state index contributed by atoms with van der Waals surface area (Å²) in [4.78, 5) is 1.90. The van der Waals surface area contributed by atoms with Gasteiger partial charge in [-0.3, -0.25) is 0 Å². The summed E-state index contributed by atoms with van der Waals surface area (Å²) in [7, 11) is 3.80. The molecule has 0 aromatic carbocycles. The highest BCUT2D eigenvalue weighted by atomic mass is 16.3. The van der Waals surface area contributed by atoms with Crippen LogP contribution in [0, 0.1) is 0 Å². The summed E-state index contributed by atoms with van der Waals surface area (Å²) in [6.07, 6.45) is -0.370. The van der Waals surface area contributed by atoms with Crippen LogP contribution in [0.15, 0.2) is 0 Å². The number of nitrogens with two attached hydrogens (primary N) is 1. The Hall–Kier alpha value is -0.120. The van der Waals surface area contributed by atoms with E-state index in [0.717, 1.165) is 0 Å². The zero-order chi connectivity index (χ0) is 6.57. The summed E-state index contributed by atoms with van der Waals surface area (Å²) in [6, 6.07) is 0. The first-order chi connectivity index (χ1) is 3.66. The maximum atomic E-state index is 8.86. The fourth-order valence-electron chi connectivity index (χ4n) is 0.496. The van der Waals surface area contributed by atoms with Crippen LogP contribution in [0.3, 0.4) is 0 Å². The molecule has 0 spiro atoms. The van der Waals surface area contributed by atoms with Crippen LogP contribution in [0.25, 0.3) is 0 Å².